The Morgan fingerprint density at radius 1 is 0.857 bits per heavy atom. The van der Waals surface area contributed by atoms with Gasteiger partial charge in [-0.15, -0.1) is 0 Å². The molecule has 21 heavy (non-hydrogen) atoms. The predicted molar refractivity (Wildman–Crippen MR) is 87.1 cm³/mol. The summed E-state index contributed by atoms with van der Waals surface area (Å²) >= 11 is 0. The molecule has 0 amide bonds. The van der Waals surface area contributed by atoms with Crippen molar-refractivity contribution in [1.82, 2.24) is 5.32 Å². The highest BCUT2D eigenvalue weighted by Crippen LogP contribution is 2.66. The number of rotatable bonds is 3. The fraction of sp³-hybridized carbons (Fsp3) is 1.00. The third-order valence-electron chi connectivity index (χ3n) is 8.25. The standard InChI is InChI=1S/C20H33N/c1-18-7-15-8-19(2,11-18)13-20(9-15,12-18)21-10-17-6-14-3-4-16(17)5-14/h14-17,21H,3-13H2,1-2H3. The van der Waals surface area contributed by atoms with Crippen LogP contribution in [0.15, 0.2) is 0 Å². The molecule has 5 unspecified atom stereocenters. The van der Waals surface area contributed by atoms with Crippen LogP contribution in [0.1, 0.15) is 78.1 Å². The molecule has 6 fully saturated rings. The monoisotopic (exact) mass is 287 g/mol. The molecule has 6 rings (SSSR count). The Hall–Kier alpha value is -0.0400. The van der Waals surface area contributed by atoms with Gasteiger partial charge in [0, 0.05) is 5.54 Å². The average Bonchev–Trinajstić information content (AvgIpc) is 2.93. The van der Waals surface area contributed by atoms with Crippen LogP contribution in [0.2, 0.25) is 0 Å². The van der Waals surface area contributed by atoms with Crippen LogP contribution in [0.5, 0.6) is 0 Å². The van der Waals surface area contributed by atoms with Gasteiger partial charge in [0.25, 0.3) is 0 Å². The third-order valence-corrected chi connectivity index (χ3v) is 8.25. The first kappa shape index (κ1) is 13.4. The van der Waals surface area contributed by atoms with Crippen molar-refractivity contribution in [2.24, 2.45) is 34.5 Å². The second kappa shape index (κ2) is 4.08. The minimum Gasteiger partial charge on any atom is -0.311 e. The van der Waals surface area contributed by atoms with Crippen molar-refractivity contribution in [3.8, 4) is 0 Å². The molecule has 0 aliphatic heterocycles. The smallest absolute Gasteiger partial charge is 0.0194 e. The van der Waals surface area contributed by atoms with Crippen molar-refractivity contribution in [1.29, 1.82) is 0 Å². The van der Waals surface area contributed by atoms with E-state index in [4.69, 9.17) is 0 Å². The number of nitrogens with one attached hydrogen (secondary N) is 1. The Balaban J connectivity index is 1.32. The summed E-state index contributed by atoms with van der Waals surface area (Å²) in [5, 5.41) is 4.20. The van der Waals surface area contributed by atoms with Crippen molar-refractivity contribution in [2.75, 3.05) is 6.54 Å². The van der Waals surface area contributed by atoms with Gasteiger partial charge in [0.2, 0.25) is 0 Å². The molecular formula is C20H33N. The number of hydrogen-bond acceptors (Lipinski definition) is 1. The number of hydrogen-bond donors (Lipinski definition) is 1. The van der Waals surface area contributed by atoms with Gasteiger partial charge in [0.1, 0.15) is 0 Å². The molecule has 0 radical (unpaired) electrons. The SMILES string of the molecule is CC12CC3CC(C)(C1)CC(NCC1CC4CCC1C4)(C3)C2. The Labute approximate surface area is 130 Å². The molecule has 1 heteroatoms. The first-order chi connectivity index (χ1) is 9.95. The van der Waals surface area contributed by atoms with Gasteiger partial charge in [-0.1, -0.05) is 20.3 Å². The lowest BCUT2D eigenvalue weighted by atomic mass is 9.42. The molecule has 0 aromatic heterocycles. The second-order valence-corrected chi connectivity index (χ2v) is 10.7. The number of fused-ring (bicyclic) bond motifs is 2. The van der Waals surface area contributed by atoms with Crippen LogP contribution in [0, 0.1) is 34.5 Å². The van der Waals surface area contributed by atoms with Crippen molar-refractivity contribution >= 4 is 0 Å². The lowest BCUT2D eigenvalue weighted by Crippen LogP contribution is -2.64. The van der Waals surface area contributed by atoms with E-state index in [1.54, 1.807) is 25.7 Å². The summed E-state index contributed by atoms with van der Waals surface area (Å²) in [6, 6.07) is 0. The van der Waals surface area contributed by atoms with E-state index in [2.05, 4.69) is 19.2 Å². The highest BCUT2D eigenvalue weighted by molar-refractivity contribution is 5.14. The van der Waals surface area contributed by atoms with Gasteiger partial charge in [-0.3, -0.25) is 0 Å². The van der Waals surface area contributed by atoms with Gasteiger partial charge in [0.15, 0.2) is 0 Å². The van der Waals surface area contributed by atoms with E-state index in [0.717, 1.165) is 23.7 Å². The minimum absolute atomic E-state index is 0.532. The molecule has 1 N–H and O–H groups in total. The van der Waals surface area contributed by atoms with Gasteiger partial charge in [-0.05, 0) is 98.8 Å². The molecule has 118 valence electrons. The molecule has 1 nitrogen and oxygen atoms in total. The van der Waals surface area contributed by atoms with Crippen LogP contribution < -0.4 is 5.32 Å². The highest BCUT2D eigenvalue weighted by Gasteiger charge is 2.60. The predicted octanol–water partition coefficient (Wildman–Crippen LogP) is 4.76. The van der Waals surface area contributed by atoms with E-state index in [-0.39, 0.29) is 0 Å². The van der Waals surface area contributed by atoms with Crippen LogP contribution in [-0.4, -0.2) is 12.1 Å². The van der Waals surface area contributed by atoms with Gasteiger partial charge in [-0.2, -0.15) is 0 Å². The third kappa shape index (κ3) is 2.06. The zero-order chi connectivity index (χ0) is 14.3. The van der Waals surface area contributed by atoms with E-state index < -0.39 is 0 Å². The summed E-state index contributed by atoms with van der Waals surface area (Å²) in [6.07, 6.45) is 15.2. The molecule has 6 aliphatic carbocycles. The zero-order valence-electron chi connectivity index (χ0n) is 14.1. The second-order valence-electron chi connectivity index (χ2n) is 10.7. The van der Waals surface area contributed by atoms with E-state index in [9.17, 15) is 0 Å². The highest BCUT2D eigenvalue weighted by atomic mass is 15.0. The molecular weight excluding hydrogens is 254 g/mol. The fourth-order valence-electron chi connectivity index (χ4n) is 8.62. The Kier molecular flexibility index (Phi) is 2.60. The van der Waals surface area contributed by atoms with Crippen LogP contribution in [-0.2, 0) is 0 Å². The first-order valence-corrected chi connectivity index (χ1v) is 9.70. The van der Waals surface area contributed by atoms with Crippen LogP contribution >= 0.6 is 0 Å². The van der Waals surface area contributed by atoms with E-state index >= 15 is 0 Å². The fourth-order valence-corrected chi connectivity index (χ4v) is 8.62. The topological polar surface area (TPSA) is 12.0 Å². The molecule has 5 atom stereocenters. The molecule has 6 saturated carbocycles. The van der Waals surface area contributed by atoms with Crippen molar-refractivity contribution < 1.29 is 0 Å². The van der Waals surface area contributed by atoms with Gasteiger partial charge in [0.05, 0.1) is 0 Å². The Bertz CT molecular complexity index is 437. The van der Waals surface area contributed by atoms with E-state index in [1.807, 2.05) is 0 Å². The molecule has 0 heterocycles. The van der Waals surface area contributed by atoms with E-state index in [1.165, 1.54) is 45.1 Å². The van der Waals surface area contributed by atoms with Gasteiger partial charge < -0.3 is 5.32 Å². The normalized spacial score (nSPS) is 60.9. The van der Waals surface area contributed by atoms with Gasteiger partial charge >= 0.3 is 0 Å². The van der Waals surface area contributed by atoms with Crippen molar-refractivity contribution in [2.45, 2.75) is 83.6 Å². The maximum absolute atomic E-state index is 4.20. The first-order valence-electron chi connectivity index (χ1n) is 9.70. The maximum Gasteiger partial charge on any atom is 0.0194 e. The van der Waals surface area contributed by atoms with E-state index in [0.29, 0.717) is 16.4 Å². The summed E-state index contributed by atoms with van der Waals surface area (Å²) in [7, 11) is 0. The lowest BCUT2D eigenvalue weighted by Gasteiger charge is -2.65. The largest absolute Gasteiger partial charge is 0.311 e. The van der Waals surface area contributed by atoms with Crippen molar-refractivity contribution in [3.63, 3.8) is 0 Å². The molecule has 0 saturated heterocycles. The summed E-state index contributed by atoms with van der Waals surface area (Å²) in [4.78, 5) is 0. The summed E-state index contributed by atoms with van der Waals surface area (Å²) in [5.74, 6) is 4.25. The van der Waals surface area contributed by atoms with Gasteiger partial charge in [-0.25, -0.2) is 0 Å². The molecule has 6 aliphatic rings. The maximum atomic E-state index is 4.20. The van der Waals surface area contributed by atoms with Crippen LogP contribution in [0.4, 0.5) is 0 Å². The molecule has 6 bridgehead atoms. The van der Waals surface area contributed by atoms with Crippen LogP contribution in [0.25, 0.3) is 0 Å². The average molecular weight is 287 g/mol. The summed E-state index contributed by atoms with van der Waals surface area (Å²) in [6.45, 7) is 6.55. The Morgan fingerprint density at radius 2 is 1.62 bits per heavy atom. The zero-order valence-corrected chi connectivity index (χ0v) is 14.1. The molecule has 0 aromatic rings. The summed E-state index contributed by atoms with van der Waals surface area (Å²) in [5.41, 5.74) is 1.86. The van der Waals surface area contributed by atoms with Crippen LogP contribution in [0.3, 0.4) is 0 Å². The minimum atomic E-state index is 0.532. The lowest BCUT2D eigenvalue weighted by molar-refractivity contribution is -0.118. The summed E-state index contributed by atoms with van der Waals surface area (Å²) < 4.78 is 0. The Morgan fingerprint density at radius 3 is 2.19 bits per heavy atom. The molecule has 0 aromatic carbocycles. The quantitative estimate of drug-likeness (QED) is 0.789. The molecule has 0 spiro atoms. The van der Waals surface area contributed by atoms with Crippen molar-refractivity contribution in [3.05, 3.63) is 0 Å².